The molecule has 2 amide bonds. The van der Waals surface area contributed by atoms with Gasteiger partial charge in [-0.25, -0.2) is 0 Å². The van der Waals surface area contributed by atoms with Crippen LogP contribution in [0.3, 0.4) is 0 Å². The van der Waals surface area contributed by atoms with Gasteiger partial charge in [-0.3, -0.25) is 9.59 Å². The van der Waals surface area contributed by atoms with Gasteiger partial charge in [-0.2, -0.15) is 0 Å². The summed E-state index contributed by atoms with van der Waals surface area (Å²) in [6.07, 6.45) is 0. The number of halogens is 2. The number of hydrogen-bond acceptors (Lipinski definition) is 4. The van der Waals surface area contributed by atoms with Crippen molar-refractivity contribution in [3.05, 3.63) is 68.5 Å². The Morgan fingerprint density at radius 3 is 2.38 bits per heavy atom. The lowest BCUT2D eigenvalue weighted by Gasteiger charge is -2.19. The maximum Gasteiger partial charge on any atom is 0.264 e. The minimum Gasteiger partial charge on any atom is -0.307 e. The van der Waals surface area contributed by atoms with E-state index in [1.807, 2.05) is 24.3 Å². The topological polar surface area (TPSA) is 49.4 Å². The summed E-state index contributed by atoms with van der Waals surface area (Å²) in [4.78, 5) is 27.3. The summed E-state index contributed by atoms with van der Waals surface area (Å²) in [6.45, 7) is 0.210. The fraction of sp³-hybridized carbons (Fsp3) is 0.0556. The highest BCUT2D eigenvalue weighted by Gasteiger charge is 2.39. The summed E-state index contributed by atoms with van der Waals surface area (Å²) >= 11 is 18.7. The Balaban J connectivity index is 1.84. The Bertz CT molecular complexity index is 1000. The first-order valence-electron chi connectivity index (χ1n) is 7.59. The molecule has 2 heterocycles. The highest BCUT2D eigenvalue weighted by molar-refractivity contribution is 8.27. The van der Waals surface area contributed by atoms with E-state index in [2.05, 4.69) is 5.32 Å². The summed E-state index contributed by atoms with van der Waals surface area (Å²) in [5.74, 6) is -0.625. The summed E-state index contributed by atoms with van der Waals surface area (Å²) in [6, 6.07) is 12.5. The molecule has 1 saturated heterocycles. The van der Waals surface area contributed by atoms with Crippen molar-refractivity contribution in [2.45, 2.75) is 6.54 Å². The molecule has 2 aromatic carbocycles. The quantitative estimate of drug-likeness (QED) is 0.577. The van der Waals surface area contributed by atoms with Crippen molar-refractivity contribution in [1.82, 2.24) is 5.32 Å². The van der Waals surface area contributed by atoms with Crippen molar-refractivity contribution in [2.75, 3.05) is 4.90 Å². The molecule has 4 rings (SSSR count). The minimum atomic E-state index is -0.351. The molecule has 0 aromatic heterocycles. The van der Waals surface area contributed by atoms with Crippen molar-refractivity contribution < 1.29 is 9.59 Å². The van der Waals surface area contributed by atoms with Gasteiger partial charge in [-0.05, 0) is 18.2 Å². The number of para-hydroxylation sites is 1. The maximum absolute atomic E-state index is 13.2. The number of thiocarbonyl (C=S) groups is 1. The number of nitrogens with zero attached hydrogens (tertiary/aromatic N) is 1. The van der Waals surface area contributed by atoms with Crippen LogP contribution in [0.4, 0.5) is 5.69 Å². The van der Waals surface area contributed by atoms with Gasteiger partial charge in [0, 0.05) is 21.2 Å². The number of hydrogen-bond donors (Lipinski definition) is 1. The highest BCUT2D eigenvalue weighted by atomic mass is 35.5. The predicted octanol–water partition coefficient (Wildman–Crippen LogP) is 4.40. The zero-order chi connectivity index (χ0) is 18.4. The van der Waals surface area contributed by atoms with Crippen LogP contribution < -0.4 is 10.2 Å². The fourth-order valence-electron chi connectivity index (χ4n) is 2.98. The Morgan fingerprint density at radius 2 is 1.73 bits per heavy atom. The van der Waals surface area contributed by atoms with Crippen LogP contribution in [0.1, 0.15) is 11.1 Å². The van der Waals surface area contributed by atoms with Gasteiger partial charge in [0.1, 0.15) is 4.32 Å². The van der Waals surface area contributed by atoms with E-state index in [4.69, 9.17) is 35.4 Å². The average molecular weight is 421 g/mol. The van der Waals surface area contributed by atoms with Gasteiger partial charge in [0.2, 0.25) is 0 Å². The molecule has 0 aliphatic carbocycles. The predicted molar refractivity (Wildman–Crippen MR) is 109 cm³/mol. The van der Waals surface area contributed by atoms with Crippen molar-refractivity contribution in [2.24, 2.45) is 0 Å². The van der Waals surface area contributed by atoms with E-state index >= 15 is 0 Å². The number of carbonyl (C=O) groups is 2. The van der Waals surface area contributed by atoms with Crippen LogP contribution in [0, 0.1) is 0 Å². The van der Waals surface area contributed by atoms with E-state index in [1.165, 1.54) is 0 Å². The van der Waals surface area contributed by atoms with Crippen LogP contribution in [0.2, 0.25) is 10.0 Å². The van der Waals surface area contributed by atoms with Gasteiger partial charge in [0.25, 0.3) is 11.8 Å². The largest absolute Gasteiger partial charge is 0.307 e. The SMILES string of the molecule is O=C1NC(=S)SC1=C1C(=O)N(Cc2c(Cl)cccc2Cl)c2ccccc21. The minimum absolute atomic E-state index is 0.210. The van der Waals surface area contributed by atoms with E-state index in [0.717, 1.165) is 11.8 Å². The molecule has 26 heavy (non-hydrogen) atoms. The average Bonchev–Trinajstić information content (AvgIpc) is 3.07. The fourth-order valence-corrected chi connectivity index (χ4v) is 4.61. The van der Waals surface area contributed by atoms with Crippen LogP contribution in [0.25, 0.3) is 5.57 Å². The third-order valence-electron chi connectivity index (χ3n) is 4.14. The van der Waals surface area contributed by atoms with Gasteiger partial charge in [0.05, 0.1) is 22.7 Å². The van der Waals surface area contributed by atoms with E-state index in [0.29, 0.717) is 41.7 Å². The first-order chi connectivity index (χ1) is 12.5. The van der Waals surface area contributed by atoms with E-state index < -0.39 is 0 Å². The second-order valence-corrected chi connectivity index (χ2v) is 8.16. The normalized spacial score (nSPS) is 19.2. The van der Waals surface area contributed by atoms with Crippen LogP contribution in [0.15, 0.2) is 47.4 Å². The van der Waals surface area contributed by atoms with E-state index in [1.54, 1.807) is 23.1 Å². The molecule has 0 radical (unpaired) electrons. The molecule has 4 nitrogen and oxygen atoms in total. The summed E-state index contributed by atoms with van der Waals surface area (Å²) < 4.78 is 0.343. The van der Waals surface area contributed by atoms with Crippen molar-refractivity contribution in [3.63, 3.8) is 0 Å². The molecule has 1 N–H and O–H groups in total. The van der Waals surface area contributed by atoms with E-state index in [9.17, 15) is 9.59 Å². The maximum atomic E-state index is 13.2. The monoisotopic (exact) mass is 420 g/mol. The standard InChI is InChI=1S/C18H10Cl2N2O2S2/c19-11-5-3-6-12(20)10(11)8-22-13-7-2-1-4-9(13)14(17(22)24)15-16(23)21-18(25)26-15/h1-7H,8H2,(H,21,23,25). The molecule has 1 fully saturated rings. The van der Waals surface area contributed by atoms with Gasteiger partial charge in [-0.15, -0.1) is 0 Å². The molecule has 2 aliphatic heterocycles. The molecule has 0 unspecified atom stereocenters. The Morgan fingerprint density at radius 1 is 1.04 bits per heavy atom. The summed E-state index contributed by atoms with van der Waals surface area (Å²) in [7, 11) is 0. The Hall–Kier alpha value is -1.86. The first kappa shape index (κ1) is 17.5. The lowest BCUT2D eigenvalue weighted by Crippen LogP contribution is -2.27. The van der Waals surface area contributed by atoms with Gasteiger partial charge >= 0.3 is 0 Å². The molecular formula is C18H10Cl2N2O2S2. The van der Waals surface area contributed by atoms with E-state index in [-0.39, 0.29) is 18.4 Å². The molecule has 130 valence electrons. The molecule has 0 atom stereocenters. The van der Waals surface area contributed by atoms with Crippen LogP contribution in [-0.2, 0) is 16.1 Å². The smallest absolute Gasteiger partial charge is 0.264 e. The Kier molecular flexibility index (Phi) is 4.52. The molecule has 0 bridgehead atoms. The number of nitrogens with one attached hydrogen (secondary N) is 1. The summed E-state index contributed by atoms with van der Waals surface area (Å²) in [5, 5.41) is 3.53. The molecule has 2 aliphatic rings. The number of rotatable bonds is 2. The molecule has 0 saturated carbocycles. The third-order valence-corrected chi connectivity index (χ3v) is 6.09. The third kappa shape index (κ3) is 2.83. The second-order valence-electron chi connectivity index (χ2n) is 5.66. The molecule has 0 spiro atoms. The summed E-state index contributed by atoms with van der Waals surface area (Å²) in [5.41, 5.74) is 2.42. The van der Waals surface area contributed by atoms with Crippen LogP contribution in [-0.4, -0.2) is 16.1 Å². The van der Waals surface area contributed by atoms with Gasteiger partial charge in [0.15, 0.2) is 0 Å². The number of amides is 2. The van der Waals surface area contributed by atoms with Crippen molar-refractivity contribution in [3.8, 4) is 0 Å². The van der Waals surface area contributed by atoms with Crippen LogP contribution >= 0.6 is 47.2 Å². The van der Waals surface area contributed by atoms with Crippen LogP contribution in [0.5, 0.6) is 0 Å². The van der Waals surface area contributed by atoms with Gasteiger partial charge in [-0.1, -0.05) is 71.4 Å². The van der Waals surface area contributed by atoms with Crippen molar-refractivity contribution in [1.29, 1.82) is 0 Å². The molecule has 2 aromatic rings. The number of benzene rings is 2. The lowest BCUT2D eigenvalue weighted by molar-refractivity contribution is -0.116. The van der Waals surface area contributed by atoms with Crippen molar-refractivity contribution >= 4 is 74.6 Å². The van der Waals surface area contributed by atoms with Gasteiger partial charge < -0.3 is 10.2 Å². The molecular weight excluding hydrogens is 411 g/mol. The number of carbonyl (C=O) groups excluding carboxylic acids is 2. The zero-order valence-corrected chi connectivity index (χ0v) is 16.2. The Labute approximate surface area is 169 Å². The highest BCUT2D eigenvalue weighted by Crippen LogP contribution is 2.43. The number of anilines is 1. The molecule has 8 heteroatoms. The lowest BCUT2D eigenvalue weighted by atomic mass is 10.1. The zero-order valence-electron chi connectivity index (χ0n) is 13.1. The number of fused-ring (bicyclic) bond motifs is 1. The number of thioether (sulfide) groups is 1. The second kappa shape index (κ2) is 6.70. The first-order valence-corrected chi connectivity index (χ1v) is 9.57.